The molecule has 0 saturated carbocycles. The van der Waals surface area contributed by atoms with E-state index in [0.29, 0.717) is 26.1 Å². The van der Waals surface area contributed by atoms with E-state index in [1.807, 2.05) is 18.1 Å². The number of halogens is 1. The van der Waals surface area contributed by atoms with Gasteiger partial charge < -0.3 is 15.1 Å². The summed E-state index contributed by atoms with van der Waals surface area (Å²) in [5.41, 5.74) is 0.974. The van der Waals surface area contributed by atoms with Gasteiger partial charge in [0.25, 0.3) is 0 Å². The number of piperazine rings is 1. The summed E-state index contributed by atoms with van der Waals surface area (Å²) in [4.78, 5) is 27.8. The molecule has 1 atom stereocenters. The molecule has 1 aliphatic heterocycles. The average molecular weight is 353 g/mol. The highest BCUT2D eigenvalue weighted by molar-refractivity contribution is 7.99. The molecular formula is C17H24FN3O2S. The molecular weight excluding hydrogens is 329 g/mol. The summed E-state index contributed by atoms with van der Waals surface area (Å²) in [5.74, 6) is -0.215. The van der Waals surface area contributed by atoms with Crippen LogP contribution in [-0.4, -0.2) is 60.9 Å². The number of thioether (sulfide) groups is 1. The highest BCUT2D eigenvalue weighted by Gasteiger charge is 2.21. The molecule has 0 radical (unpaired) electrons. The average Bonchev–Trinajstić information content (AvgIpc) is 2.61. The first-order valence-corrected chi connectivity index (χ1v) is 9.39. The van der Waals surface area contributed by atoms with E-state index in [2.05, 4.69) is 10.2 Å². The van der Waals surface area contributed by atoms with Crippen LogP contribution >= 0.6 is 11.8 Å². The molecule has 132 valence electrons. The van der Waals surface area contributed by atoms with Crippen molar-refractivity contribution in [2.24, 2.45) is 0 Å². The number of rotatable bonds is 6. The van der Waals surface area contributed by atoms with Gasteiger partial charge in [-0.2, -0.15) is 11.8 Å². The smallest absolute Gasteiger partial charge is 0.232 e. The Balaban J connectivity index is 1.72. The largest absolute Gasteiger partial charge is 0.368 e. The minimum Gasteiger partial charge on any atom is -0.368 e. The topological polar surface area (TPSA) is 52.7 Å². The van der Waals surface area contributed by atoms with Gasteiger partial charge in [0.2, 0.25) is 11.8 Å². The third-order valence-corrected chi connectivity index (χ3v) is 5.11. The van der Waals surface area contributed by atoms with Gasteiger partial charge in [-0.1, -0.05) is 0 Å². The van der Waals surface area contributed by atoms with Gasteiger partial charge in [-0.15, -0.1) is 0 Å². The van der Waals surface area contributed by atoms with E-state index in [4.69, 9.17) is 0 Å². The molecule has 24 heavy (non-hydrogen) atoms. The van der Waals surface area contributed by atoms with Gasteiger partial charge in [-0.25, -0.2) is 4.39 Å². The molecule has 1 aromatic carbocycles. The summed E-state index contributed by atoms with van der Waals surface area (Å²) in [6.45, 7) is 4.97. The molecule has 0 unspecified atom stereocenters. The fourth-order valence-electron chi connectivity index (χ4n) is 2.57. The number of carbonyl (C=O) groups is 2. The molecule has 1 N–H and O–H groups in total. The number of anilines is 1. The van der Waals surface area contributed by atoms with Crippen LogP contribution in [0.2, 0.25) is 0 Å². The van der Waals surface area contributed by atoms with E-state index >= 15 is 0 Å². The number of carbonyl (C=O) groups excluding carboxylic acids is 2. The zero-order chi connectivity index (χ0) is 17.5. The van der Waals surface area contributed by atoms with Crippen molar-refractivity contribution in [2.75, 3.05) is 43.9 Å². The van der Waals surface area contributed by atoms with Gasteiger partial charge in [0, 0.05) is 44.8 Å². The normalized spacial score (nSPS) is 16.0. The summed E-state index contributed by atoms with van der Waals surface area (Å²) < 4.78 is 13.0. The Hall–Kier alpha value is -1.76. The van der Waals surface area contributed by atoms with Crippen LogP contribution in [0.5, 0.6) is 0 Å². The molecule has 2 rings (SSSR count). The Morgan fingerprint density at radius 1 is 1.21 bits per heavy atom. The molecule has 0 bridgehead atoms. The first-order chi connectivity index (χ1) is 11.5. The second-order valence-electron chi connectivity index (χ2n) is 5.76. The molecule has 2 amide bonds. The molecule has 1 saturated heterocycles. The van der Waals surface area contributed by atoms with E-state index in [9.17, 15) is 14.0 Å². The van der Waals surface area contributed by atoms with Gasteiger partial charge >= 0.3 is 0 Å². The minimum atomic E-state index is -0.245. The molecule has 0 aliphatic carbocycles. The van der Waals surface area contributed by atoms with Crippen LogP contribution in [0, 0.1) is 5.82 Å². The van der Waals surface area contributed by atoms with Crippen molar-refractivity contribution in [2.45, 2.75) is 18.6 Å². The lowest BCUT2D eigenvalue weighted by Crippen LogP contribution is -2.49. The van der Waals surface area contributed by atoms with Crippen molar-refractivity contribution in [3.63, 3.8) is 0 Å². The lowest BCUT2D eigenvalue weighted by molar-refractivity contribution is -0.131. The van der Waals surface area contributed by atoms with Crippen LogP contribution in [0.3, 0.4) is 0 Å². The maximum Gasteiger partial charge on any atom is 0.232 e. The predicted molar refractivity (Wildman–Crippen MR) is 95.8 cm³/mol. The van der Waals surface area contributed by atoms with Gasteiger partial charge in [0.15, 0.2) is 0 Å². The fraction of sp³-hybridized carbons (Fsp3) is 0.529. The second-order valence-corrected chi connectivity index (χ2v) is 6.94. The first-order valence-electron chi connectivity index (χ1n) is 8.10. The molecule has 1 aromatic rings. The lowest BCUT2D eigenvalue weighted by Gasteiger charge is -2.36. The third kappa shape index (κ3) is 5.12. The molecule has 1 fully saturated rings. The Morgan fingerprint density at radius 2 is 1.83 bits per heavy atom. The number of amides is 2. The van der Waals surface area contributed by atoms with Crippen molar-refractivity contribution in [1.82, 2.24) is 10.2 Å². The Kier molecular flexibility index (Phi) is 6.90. The van der Waals surface area contributed by atoms with E-state index in [1.165, 1.54) is 23.9 Å². The van der Waals surface area contributed by atoms with Crippen molar-refractivity contribution in [3.05, 3.63) is 30.1 Å². The van der Waals surface area contributed by atoms with E-state index in [-0.39, 0.29) is 22.9 Å². The summed E-state index contributed by atoms with van der Waals surface area (Å²) >= 11 is 1.48. The van der Waals surface area contributed by atoms with E-state index < -0.39 is 0 Å². The molecule has 0 spiro atoms. The van der Waals surface area contributed by atoms with Gasteiger partial charge in [-0.3, -0.25) is 9.59 Å². The molecule has 1 aliphatic rings. The van der Waals surface area contributed by atoms with Crippen molar-refractivity contribution in [3.8, 4) is 0 Å². The lowest BCUT2D eigenvalue weighted by atomic mass is 10.2. The standard InChI is InChI=1S/C17H24FN3O2S/c1-13(24-2)17(23)19-8-7-16(22)21-11-9-20(10-12-21)15-5-3-14(18)4-6-15/h3-6,13H,7-12H2,1-2H3,(H,19,23)/t13-/m1/s1. The van der Waals surface area contributed by atoms with Crippen LogP contribution < -0.4 is 10.2 Å². The predicted octanol–water partition coefficient (Wildman–Crippen LogP) is 1.73. The van der Waals surface area contributed by atoms with Crippen LogP contribution in [0.15, 0.2) is 24.3 Å². The summed E-state index contributed by atoms with van der Waals surface area (Å²) in [6, 6.07) is 6.42. The maximum atomic E-state index is 13.0. The van der Waals surface area contributed by atoms with Crippen molar-refractivity contribution >= 4 is 29.3 Å². The third-order valence-electron chi connectivity index (χ3n) is 4.19. The van der Waals surface area contributed by atoms with Crippen molar-refractivity contribution in [1.29, 1.82) is 0 Å². The number of hydrogen-bond acceptors (Lipinski definition) is 4. The highest BCUT2D eigenvalue weighted by atomic mass is 32.2. The molecule has 5 nitrogen and oxygen atoms in total. The van der Waals surface area contributed by atoms with Gasteiger partial charge in [-0.05, 0) is 37.4 Å². The van der Waals surface area contributed by atoms with E-state index in [1.54, 1.807) is 12.1 Å². The number of nitrogens with one attached hydrogen (secondary N) is 1. The zero-order valence-corrected chi connectivity index (χ0v) is 14.9. The van der Waals surface area contributed by atoms with Crippen LogP contribution in [0.25, 0.3) is 0 Å². The number of benzene rings is 1. The van der Waals surface area contributed by atoms with Gasteiger partial charge in [0.1, 0.15) is 5.82 Å². The van der Waals surface area contributed by atoms with E-state index in [0.717, 1.165) is 18.8 Å². The fourth-order valence-corrected chi connectivity index (χ4v) is 2.86. The first kappa shape index (κ1) is 18.6. The van der Waals surface area contributed by atoms with Crippen LogP contribution in [0.4, 0.5) is 10.1 Å². The van der Waals surface area contributed by atoms with Crippen molar-refractivity contribution < 1.29 is 14.0 Å². The van der Waals surface area contributed by atoms with Crippen LogP contribution in [-0.2, 0) is 9.59 Å². The number of nitrogens with zero attached hydrogens (tertiary/aromatic N) is 2. The highest BCUT2D eigenvalue weighted by Crippen LogP contribution is 2.17. The summed E-state index contributed by atoms with van der Waals surface area (Å²) in [5, 5.41) is 2.69. The Morgan fingerprint density at radius 3 is 2.42 bits per heavy atom. The SMILES string of the molecule is CS[C@H](C)C(=O)NCCC(=O)N1CCN(c2ccc(F)cc2)CC1. The molecule has 0 aromatic heterocycles. The number of hydrogen-bond donors (Lipinski definition) is 1. The zero-order valence-electron chi connectivity index (χ0n) is 14.1. The Labute approximate surface area is 146 Å². The summed E-state index contributed by atoms with van der Waals surface area (Å²) in [7, 11) is 0. The van der Waals surface area contributed by atoms with Crippen LogP contribution in [0.1, 0.15) is 13.3 Å². The maximum absolute atomic E-state index is 13.0. The summed E-state index contributed by atoms with van der Waals surface area (Å²) in [6.07, 6.45) is 2.21. The minimum absolute atomic E-state index is 0.0311. The quantitative estimate of drug-likeness (QED) is 0.846. The second kappa shape index (κ2) is 8.92. The molecule has 7 heteroatoms. The monoisotopic (exact) mass is 353 g/mol. The Bertz CT molecular complexity index is 559. The molecule has 1 heterocycles. The van der Waals surface area contributed by atoms with Gasteiger partial charge in [0.05, 0.1) is 5.25 Å².